The van der Waals surface area contributed by atoms with Crippen molar-refractivity contribution >= 4 is 23.5 Å². The molecule has 26 heavy (non-hydrogen) atoms. The van der Waals surface area contributed by atoms with E-state index in [9.17, 15) is 9.59 Å². The van der Waals surface area contributed by atoms with Crippen LogP contribution in [0.15, 0.2) is 35.5 Å². The summed E-state index contributed by atoms with van der Waals surface area (Å²) in [5.74, 6) is 0.311. The van der Waals surface area contributed by atoms with Crippen molar-refractivity contribution in [3.8, 4) is 11.4 Å². The quantitative estimate of drug-likeness (QED) is 0.492. The predicted molar refractivity (Wildman–Crippen MR) is 95.1 cm³/mol. The fraction of sp³-hybridized carbons (Fsp3) is 0.444. The summed E-state index contributed by atoms with van der Waals surface area (Å²) in [5.41, 5.74) is -0.0880. The number of thioether (sulfide) groups is 1. The molecule has 0 saturated carbocycles. The zero-order valence-electron chi connectivity index (χ0n) is 14.7. The fourth-order valence-electron chi connectivity index (χ4n) is 2.96. The molecule has 6 nitrogen and oxygen atoms in total. The Bertz CT molecular complexity index is 768. The van der Waals surface area contributed by atoms with Gasteiger partial charge in [-0.05, 0) is 13.3 Å². The first-order chi connectivity index (χ1) is 12.0. The number of cyclic esters (lactones) is 1. The summed E-state index contributed by atoms with van der Waals surface area (Å²) in [6.45, 7) is 3.73. The molecule has 2 aromatic rings. The van der Waals surface area contributed by atoms with E-state index in [0.29, 0.717) is 17.4 Å². The van der Waals surface area contributed by atoms with Crippen LogP contribution >= 0.6 is 11.8 Å². The highest BCUT2D eigenvalue weighted by molar-refractivity contribution is 7.99. The number of Topliss-reactive ketones (excluding diaryl/α,β-unsaturated/α-hetero) is 1. The average Bonchev–Trinajstić information content (AvgIpc) is 3.19. The summed E-state index contributed by atoms with van der Waals surface area (Å²) in [7, 11) is 0. The molecule has 2 atom stereocenters. The molecule has 2 unspecified atom stereocenters. The smallest absolute Gasteiger partial charge is 0.310 e. The number of H-pyrrole nitrogens is 1. The Morgan fingerprint density at radius 3 is 2.81 bits per heavy atom. The van der Waals surface area contributed by atoms with E-state index < -0.39 is 5.60 Å². The van der Waals surface area contributed by atoms with E-state index in [4.69, 9.17) is 4.74 Å². The van der Waals surface area contributed by atoms with Gasteiger partial charge < -0.3 is 21.7 Å². The SMILES string of the molecule is CCCC1CC(C)(C(=O)CSc2n[nH]c(-c3ccccc3)n2)OC1=O.[Br-]. The van der Waals surface area contributed by atoms with Gasteiger partial charge in [0.1, 0.15) is 0 Å². The zero-order valence-corrected chi connectivity index (χ0v) is 17.1. The van der Waals surface area contributed by atoms with E-state index in [1.54, 1.807) is 6.92 Å². The van der Waals surface area contributed by atoms with Crippen molar-refractivity contribution < 1.29 is 31.3 Å². The topological polar surface area (TPSA) is 84.9 Å². The number of ether oxygens (including phenoxy) is 1. The number of nitrogens with zero attached hydrogens (tertiary/aromatic N) is 2. The van der Waals surface area contributed by atoms with Crippen LogP contribution in [0.2, 0.25) is 0 Å². The van der Waals surface area contributed by atoms with Gasteiger partial charge in [-0.3, -0.25) is 14.7 Å². The number of hydrogen-bond donors (Lipinski definition) is 1. The van der Waals surface area contributed by atoms with Gasteiger partial charge in [-0.15, -0.1) is 5.10 Å². The number of carbonyl (C=O) groups is 2. The standard InChI is InChI=1S/C18H21N3O3S.BrH/c1-3-7-13-10-18(2,24-16(13)23)14(22)11-25-17-19-15(20-21-17)12-8-5-4-6-9-12;/h4-6,8-9,13H,3,7,10-11H2,1-2H3,(H,19,20,21);1H/p-1. The largest absolute Gasteiger partial charge is 1.00 e. The molecule has 8 heteroatoms. The molecule has 0 bridgehead atoms. The van der Waals surface area contributed by atoms with Crippen molar-refractivity contribution in [1.29, 1.82) is 0 Å². The number of hydrogen-bond acceptors (Lipinski definition) is 6. The van der Waals surface area contributed by atoms with Gasteiger partial charge in [0.15, 0.2) is 17.2 Å². The molecule has 1 N–H and O–H groups in total. The minimum atomic E-state index is -1.03. The highest BCUT2D eigenvalue weighted by Crippen LogP contribution is 2.35. The maximum Gasteiger partial charge on any atom is 0.310 e. The second-order valence-corrected chi connectivity index (χ2v) is 7.33. The van der Waals surface area contributed by atoms with Gasteiger partial charge in [0.25, 0.3) is 0 Å². The molecule has 140 valence electrons. The summed E-state index contributed by atoms with van der Waals surface area (Å²) >= 11 is 1.25. The number of nitrogens with one attached hydrogen (secondary N) is 1. The Kier molecular flexibility index (Phi) is 7.00. The molecule has 2 heterocycles. The fourth-order valence-corrected chi connectivity index (χ4v) is 3.79. The monoisotopic (exact) mass is 438 g/mol. The second-order valence-electron chi connectivity index (χ2n) is 6.39. The molecule has 1 aliphatic heterocycles. The van der Waals surface area contributed by atoms with Crippen molar-refractivity contribution in [3.05, 3.63) is 30.3 Å². The normalized spacial score (nSPS) is 21.9. The number of rotatable bonds is 7. The first-order valence-corrected chi connectivity index (χ1v) is 9.37. The molecule has 1 aromatic heterocycles. The van der Waals surface area contributed by atoms with Crippen LogP contribution in [0.25, 0.3) is 11.4 Å². The zero-order chi connectivity index (χ0) is 17.9. The number of carbonyl (C=O) groups excluding carboxylic acids is 2. The van der Waals surface area contributed by atoms with Gasteiger partial charge in [0.05, 0.1) is 11.7 Å². The van der Waals surface area contributed by atoms with Gasteiger partial charge in [-0.1, -0.05) is 55.4 Å². The Balaban J connectivity index is 0.00000243. The van der Waals surface area contributed by atoms with Crippen molar-refractivity contribution in [2.75, 3.05) is 5.75 Å². The van der Waals surface area contributed by atoms with E-state index in [-0.39, 0.29) is 40.4 Å². The molecule has 1 aromatic carbocycles. The number of halogens is 1. The lowest BCUT2D eigenvalue weighted by atomic mass is 9.90. The maximum absolute atomic E-state index is 12.5. The first kappa shape index (κ1) is 20.6. The lowest BCUT2D eigenvalue weighted by Crippen LogP contribution is -3.00. The van der Waals surface area contributed by atoms with E-state index in [1.807, 2.05) is 37.3 Å². The number of benzene rings is 1. The Morgan fingerprint density at radius 2 is 2.12 bits per heavy atom. The van der Waals surface area contributed by atoms with Crippen molar-refractivity contribution in [2.45, 2.75) is 43.9 Å². The molecule has 1 fully saturated rings. The molecule has 1 aliphatic rings. The van der Waals surface area contributed by atoms with E-state index in [1.165, 1.54) is 11.8 Å². The van der Waals surface area contributed by atoms with Crippen LogP contribution < -0.4 is 17.0 Å². The lowest BCUT2D eigenvalue weighted by Gasteiger charge is -2.20. The summed E-state index contributed by atoms with van der Waals surface area (Å²) in [6, 6.07) is 9.66. The highest BCUT2D eigenvalue weighted by Gasteiger charge is 2.47. The van der Waals surface area contributed by atoms with Crippen molar-refractivity contribution in [3.63, 3.8) is 0 Å². The van der Waals surface area contributed by atoms with Gasteiger partial charge in [0.2, 0.25) is 5.16 Å². The molecule has 0 spiro atoms. The van der Waals surface area contributed by atoms with E-state index in [2.05, 4.69) is 15.2 Å². The summed E-state index contributed by atoms with van der Waals surface area (Å²) in [5, 5.41) is 7.52. The average molecular weight is 439 g/mol. The van der Waals surface area contributed by atoms with E-state index in [0.717, 1.165) is 18.4 Å². The van der Waals surface area contributed by atoms with Crippen LogP contribution in [-0.2, 0) is 14.3 Å². The molecule has 0 amide bonds. The van der Waals surface area contributed by atoms with E-state index >= 15 is 0 Å². The van der Waals surface area contributed by atoms with Crippen LogP contribution in [0.4, 0.5) is 0 Å². The molecule has 3 rings (SSSR count). The van der Waals surface area contributed by atoms with Crippen LogP contribution in [0.3, 0.4) is 0 Å². The lowest BCUT2D eigenvalue weighted by molar-refractivity contribution is -0.156. The number of aromatic nitrogens is 3. The van der Waals surface area contributed by atoms with Crippen molar-refractivity contribution in [2.24, 2.45) is 5.92 Å². The molecule has 0 radical (unpaired) electrons. The molecular formula is C18H21BrN3O3S-. The minimum Gasteiger partial charge on any atom is -1.00 e. The Labute approximate surface area is 167 Å². The molecular weight excluding hydrogens is 418 g/mol. The van der Waals surface area contributed by atoms with Gasteiger partial charge in [0, 0.05) is 12.0 Å². The second kappa shape index (κ2) is 8.81. The maximum atomic E-state index is 12.5. The van der Waals surface area contributed by atoms with Crippen LogP contribution in [0.1, 0.15) is 33.1 Å². The van der Waals surface area contributed by atoms with Crippen molar-refractivity contribution in [1.82, 2.24) is 15.2 Å². The number of esters is 1. The van der Waals surface area contributed by atoms with Gasteiger partial charge >= 0.3 is 5.97 Å². The first-order valence-electron chi connectivity index (χ1n) is 8.38. The van der Waals surface area contributed by atoms with Crippen LogP contribution in [0.5, 0.6) is 0 Å². The Hall–Kier alpha value is -1.67. The minimum absolute atomic E-state index is 0. The number of ketones is 1. The van der Waals surface area contributed by atoms with Gasteiger partial charge in [-0.2, -0.15) is 0 Å². The Morgan fingerprint density at radius 1 is 1.38 bits per heavy atom. The predicted octanol–water partition coefficient (Wildman–Crippen LogP) is 0.259. The summed E-state index contributed by atoms with van der Waals surface area (Å²) < 4.78 is 5.39. The summed E-state index contributed by atoms with van der Waals surface area (Å²) in [4.78, 5) is 28.9. The van der Waals surface area contributed by atoms with Gasteiger partial charge in [-0.25, -0.2) is 4.98 Å². The molecule has 0 aliphatic carbocycles. The van der Waals surface area contributed by atoms with Crippen LogP contribution in [-0.4, -0.2) is 38.3 Å². The van der Waals surface area contributed by atoms with Crippen LogP contribution in [0, 0.1) is 5.92 Å². The third-order valence-corrected chi connectivity index (χ3v) is 5.21. The third-order valence-electron chi connectivity index (χ3n) is 4.37. The molecule has 1 saturated heterocycles. The third kappa shape index (κ3) is 4.54. The number of aromatic amines is 1. The summed E-state index contributed by atoms with van der Waals surface area (Å²) in [6.07, 6.45) is 2.12. The highest BCUT2D eigenvalue weighted by atomic mass is 79.9.